The average molecular weight is 531 g/mol. The van der Waals surface area contributed by atoms with Crippen molar-refractivity contribution in [3.63, 3.8) is 0 Å². The van der Waals surface area contributed by atoms with Crippen molar-refractivity contribution in [3.05, 3.63) is 40.5 Å². The van der Waals surface area contributed by atoms with E-state index in [2.05, 4.69) is 4.98 Å². The van der Waals surface area contributed by atoms with Gasteiger partial charge >= 0.3 is 0 Å². The Bertz CT molecular complexity index is 1260. The Hall–Kier alpha value is -1.63. The third kappa shape index (κ3) is 5.08. The fourth-order valence-corrected chi connectivity index (χ4v) is 8.14. The van der Waals surface area contributed by atoms with E-state index in [4.69, 9.17) is 11.6 Å². The van der Waals surface area contributed by atoms with E-state index < -0.39 is 21.9 Å². The molecule has 7 nitrogen and oxygen atoms in total. The lowest BCUT2D eigenvalue weighted by atomic mass is 10.2. The van der Waals surface area contributed by atoms with Gasteiger partial charge in [-0.25, -0.2) is 17.8 Å². The number of para-hydroxylation sites is 1. The average Bonchev–Trinajstić information content (AvgIpc) is 3.50. The molecule has 33 heavy (non-hydrogen) atoms. The van der Waals surface area contributed by atoms with Crippen LogP contribution in [0.4, 0.5) is 9.52 Å². The number of nitrogens with zero attached hydrogens (tertiary/aromatic N) is 4. The van der Waals surface area contributed by atoms with E-state index in [1.165, 1.54) is 38.7 Å². The van der Waals surface area contributed by atoms with Crippen LogP contribution in [0.1, 0.15) is 19.3 Å². The van der Waals surface area contributed by atoms with Crippen molar-refractivity contribution in [3.8, 4) is 0 Å². The molecule has 1 aliphatic rings. The number of rotatable bonds is 8. The number of halogens is 2. The predicted molar refractivity (Wildman–Crippen MR) is 131 cm³/mol. The first-order valence-corrected chi connectivity index (χ1v) is 13.9. The molecular weight excluding hydrogens is 507 g/mol. The molecule has 1 atom stereocenters. The van der Waals surface area contributed by atoms with Crippen LogP contribution in [-0.4, -0.2) is 68.3 Å². The van der Waals surface area contributed by atoms with Crippen molar-refractivity contribution in [1.82, 2.24) is 14.2 Å². The second kappa shape index (κ2) is 9.93. The molecule has 12 heteroatoms. The number of hydrogen-bond acceptors (Lipinski definition) is 7. The molecule has 4 rings (SSSR count). The largest absolute Gasteiger partial charge is 0.309 e. The van der Waals surface area contributed by atoms with Crippen molar-refractivity contribution < 1.29 is 17.6 Å². The topological polar surface area (TPSA) is 73.8 Å². The lowest BCUT2D eigenvalue weighted by molar-refractivity contribution is -0.121. The van der Waals surface area contributed by atoms with Crippen LogP contribution in [-0.2, 0) is 14.8 Å². The first-order chi connectivity index (χ1) is 15.7. The number of hydrogen-bond donors (Lipinski definition) is 0. The zero-order valence-corrected chi connectivity index (χ0v) is 21.4. The SMILES string of the molecule is CN(C)CCCN(C(=O)C1CCCN1S(=O)(=O)c1ccc(Cl)s1)c1nc2c(F)cccc2s1. The second-order valence-electron chi connectivity index (χ2n) is 8.06. The summed E-state index contributed by atoms with van der Waals surface area (Å²) in [7, 11) is 0.0239. The maximum absolute atomic E-state index is 14.3. The fraction of sp³-hybridized carbons (Fsp3) is 0.429. The zero-order valence-electron chi connectivity index (χ0n) is 18.2. The fourth-order valence-electron chi connectivity index (χ4n) is 3.87. The number of amides is 1. The molecule has 2 aromatic heterocycles. The minimum Gasteiger partial charge on any atom is -0.309 e. The molecule has 3 heterocycles. The van der Waals surface area contributed by atoms with E-state index in [1.54, 1.807) is 12.1 Å². The summed E-state index contributed by atoms with van der Waals surface area (Å²) in [5.74, 6) is -0.785. The summed E-state index contributed by atoms with van der Waals surface area (Å²) in [6.45, 7) is 1.35. The molecule has 0 spiro atoms. The first-order valence-electron chi connectivity index (χ1n) is 10.5. The molecule has 1 saturated heterocycles. The summed E-state index contributed by atoms with van der Waals surface area (Å²) >= 11 is 8.16. The molecule has 1 fully saturated rings. The molecule has 1 aliphatic heterocycles. The van der Waals surface area contributed by atoms with Crippen LogP contribution >= 0.6 is 34.3 Å². The van der Waals surface area contributed by atoms with E-state index in [-0.39, 0.29) is 22.2 Å². The predicted octanol–water partition coefficient (Wildman–Crippen LogP) is 4.29. The van der Waals surface area contributed by atoms with Crippen molar-refractivity contribution in [1.29, 1.82) is 0 Å². The van der Waals surface area contributed by atoms with Crippen LogP contribution in [0.5, 0.6) is 0 Å². The lowest BCUT2D eigenvalue weighted by Crippen LogP contribution is -2.48. The van der Waals surface area contributed by atoms with Gasteiger partial charge in [0.15, 0.2) is 5.13 Å². The highest BCUT2D eigenvalue weighted by Gasteiger charge is 2.42. The molecule has 0 radical (unpaired) electrons. The smallest absolute Gasteiger partial charge is 0.253 e. The van der Waals surface area contributed by atoms with Crippen LogP contribution in [0.15, 0.2) is 34.5 Å². The number of benzene rings is 1. The third-order valence-electron chi connectivity index (χ3n) is 5.44. The Kier molecular flexibility index (Phi) is 7.37. The van der Waals surface area contributed by atoms with Gasteiger partial charge in [0.2, 0.25) is 5.91 Å². The summed E-state index contributed by atoms with van der Waals surface area (Å²) in [6, 6.07) is 6.86. The lowest BCUT2D eigenvalue weighted by Gasteiger charge is -2.28. The molecule has 0 bridgehead atoms. The number of thiophene rings is 1. The Labute approximate surface area is 205 Å². The maximum Gasteiger partial charge on any atom is 0.253 e. The zero-order chi connectivity index (χ0) is 23.8. The summed E-state index contributed by atoms with van der Waals surface area (Å²) < 4.78 is 43.2. The monoisotopic (exact) mass is 530 g/mol. The Morgan fingerprint density at radius 2 is 2.03 bits per heavy atom. The second-order valence-corrected chi connectivity index (χ2v) is 12.9. The van der Waals surface area contributed by atoms with Gasteiger partial charge in [-0.05, 0) is 64.2 Å². The van der Waals surface area contributed by atoms with Crippen LogP contribution in [0.25, 0.3) is 10.2 Å². The molecular formula is C21H24ClFN4O3S3. The van der Waals surface area contributed by atoms with Gasteiger partial charge in [-0.15, -0.1) is 11.3 Å². The normalized spacial score (nSPS) is 17.3. The van der Waals surface area contributed by atoms with E-state index in [1.807, 2.05) is 19.0 Å². The van der Waals surface area contributed by atoms with Crippen LogP contribution in [0.3, 0.4) is 0 Å². The van der Waals surface area contributed by atoms with Gasteiger partial charge in [0.1, 0.15) is 21.6 Å². The van der Waals surface area contributed by atoms with Crippen LogP contribution in [0.2, 0.25) is 4.34 Å². The Morgan fingerprint density at radius 3 is 2.70 bits per heavy atom. The van der Waals surface area contributed by atoms with E-state index in [9.17, 15) is 17.6 Å². The van der Waals surface area contributed by atoms with Crippen molar-refractivity contribution in [2.75, 3.05) is 38.6 Å². The van der Waals surface area contributed by atoms with Gasteiger partial charge in [-0.1, -0.05) is 29.0 Å². The van der Waals surface area contributed by atoms with Crippen molar-refractivity contribution in [2.24, 2.45) is 0 Å². The Morgan fingerprint density at radius 1 is 1.24 bits per heavy atom. The van der Waals surface area contributed by atoms with E-state index >= 15 is 0 Å². The summed E-state index contributed by atoms with van der Waals surface area (Å²) in [6.07, 6.45) is 1.66. The van der Waals surface area contributed by atoms with E-state index in [0.717, 1.165) is 17.9 Å². The molecule has 0 aliphatic carbocycles. The molecule has 0 N–H and O–H groups in total. The highest BCUT2D eigenvalue weighted by Crippen LogP contribution is 2.35. The highest BCUT2D eigenvalue weighted by atomic mass is 35.5. The highest BCUT2D eigenvalue weighted by molar-refractivity contribution is 7.91. The van der Waals surface area contributed by atoms with Crippen LogP contribution in [0, 0.1) is 5.82 Å². The van der Waals surface area contributed by atoms with Crippen LogP contribution < -0.4 is 4.90 Å². The Balaban J connectivity index is 1.66. The van der Waals surface area contributed by atoms with Gasteiger partial charge < -0.3 is 4.90 Å². The van der Waals surface area contributed by atoms with E-state index in [0.29, 0.717) is 40.0 Å². The number of anilines is 1. The maximum atomic E-state index is 14.3. The van der Waals surface area contributed by atoms with Crippen molar-refractivity contribution in [2.45, 2.75) is 29.5 Å². The number of fused-ring (bicyclic) bond motifs is 1. The van der Waals surface area contributed by atoms with Gasteiger partial charge in [-0.2, -0.15) is 4.31 Å². The minimum absolute atomic E-state index is 0.119. The molecule has 3 aromatic rings. The standard InChI is InChI=1S/C21H24ClFN4O3S3/c1-25(2)11-5-12-26(21-24-19-14(23)6-3-8-16(19)31-21)20(28)15-7-4-13-27(15)33(29,30)18-10-9-17(22)32-18/h3,6,8-10,15H,4-5,7,11-13H2,1-2H3. The van der Waals surface area contributed by atoms with Gasteiger partial charge in [-0.3, -0.25) is 9.69 Å². The summed E-state index contributed by atoms with van der Waals surface area (Å²) in [5, 5.41) is 0.377. The third-order valence-corrected chi connectivity index (χ3v) is 10.1. The number of carbonyl (C=O) groups excluding carboxylic acids is 1. The number of sulfonamides is 1. The molecule has 1 aromatic carbocycles. The minimum atomic E-state index is -3.86. The molecule has 1 unspecified atom stereocenters. The molecule has 1 amide bonds. The van der Waals surface area contributed by atoms with Gasteiger partial charge in [0.25, 0.3) is 10.0 Å². The van der Waals surface area contributed by atoms with Gasteiger partial charge in [0, 0.05) is 13.1 Å². The van der Waals surface area contributed by atoms with Crippen molar-refractivity contribution >= 4 is 65.6 Å². The molecule has 178 valence electrons. The first kappa shape index (κ1) is 24.5. The molecule has 0 saturated carbocycles. The number of carbonyl (C=O) groups is 1. The number of thiazole rings is 1. The van der Waals surface area contributed by atoms with Gasteiger partial charge in [0.05, 0.1) is 9.04 Å². The summed E-state index contributed by atoms with van der Waals surface area (Å²) in [4.78, 5) is 21.7. The quantitative estimate of drug-likeness (QED) is 0.434. The number of aromatic nitrogens is 1. The summed E-state index contributed by atoms with van der Waals surface area (Å²) in [5.41, 5.74) is 0.215.